The van der Waals surface area contributed by atoms with Gasteiger partial charge in [0.1, 0.15) is 0 Å². The number of carbonyl (C=O) groups is 1. The molecule has 0 amide bonds. The molecular weight excluding hydrogens is 254 g/mol. The van der Waals surface area contributed by atoms with Crippen molar-refractivity contribution >= 4 is 5.78 Å². The molecule has 0 bridgehead atoms. The fraction of sp³-hybridized carbons (Fsp3) is 0.562. The number of nitrogens with one attached hydrogen (secondary N) is 1. The smallest absolute Gasteiger partial charge is 0.231 e. The first-order valence-electron chi connectivity index (χ1n) is 7.47. The number of ketones is 1. The Hall–Kier alpha value is -1.55. The minimum Gasteiger partial charge on any atom is -0.454 e. The van der Waals surface area contributed by atoms with Gasteiger partial charge in [-0.25, -0.2) is 0 Å². The van der Waals surface area contributed by atoms with Crippen molar-refractivity contribution in [3.05, 3.63) is 23.8 Å². The zero-order chi connectivity index (χ0) is 13.5. The van der Waals surface area contributed by atoms with Crippen LogP contribution < -0.4 is 14.8 Å². The second kappa shape index (κ2) is 4.77. The molecule has 0 radical (unpaired) electrons. The molecule has 0 aromatic heterocycles. The van der Waals surface area contributed by atoms with Crippen LogP contribution in [0, 0.1) is 11.8 Å². The number of carbonyl (C=O) groups excluding carboxylic acids is 1. The van der Waals surface area contributed by atoms with Gasteiger partial charge in [0.25, 0.3) is 0 Å². The van der Waals surface area contributed by atoms with Crippen LogP contribution in [0.2, 0.25) is 0 Å². The van der Waals surface area contributed by atoms with Crippen LogP contribution in [0.1, 0.15) is 36.0 Å². The van der Waals surface area contributed by atoms with E-state index in [0.29, 0.717) is 24.1 Å². The Morgan fingerprint density at radius 2 is 2.15 bits per heavy atom. The molecule has 3 atom stereocenters. The van der Waals surface area contributed by atoms with E-state index in [1.807, 2.05) is 18.2 Å². The fourth-order valence-corrected chi connectivity index (χ4v) is 3.91. The Morgan fingerprint density at radius 3 is 3.10 bits per heavy atom. The number of Topliss-reactive ketones (excluding diaryl/α,β-unsaturated/α-hetero) is 1. The summed E-state index contributed by atoms with van der Waals surface area (Å²) in [5.41, 5.74) is 0.734. The molecule has 1 saturated heterocycles. The van der Waals surface area contributed by atoms with Gasteiger partial charge in [0, 0.05) is 18.0 Å². The number of hydrogen-bond donors (Lipinski definition) is 1. The van der Waals surface area contributed by atoms with E-state index in [1.165, 1.54) is 19.3 Å². The molecule has 4 rings (SSSR count). The minimum atomic E-state index is 0.202. The van der Waals surface area contributed by atoms with E-state index < -0.39 is 0 Å². The quantitative estimate of drug-likeness (QED) is 0.859. The molecule has 1 aromatic carbocycles. The summed E-state index contributed by atoms with van der Waals surface area (Å²) in [5, 5.41) is 3.53. The third kappa shape index (κ3) is 1.99. The van der Waals surface area contributed by atoms with Gasteiger partial charge in [0.15, 0.2) is 17.3 Å². The summed E-state index contributed by atoms with van der Waals surface area (Å²) in [5.74, 6) is 3.12. The molecule has 1 N–H and O–H groups in total. The zero-order valence-corrected chi connectivity index (χ0v) is 11.4. The predicted molar refractivity (Wildman–Crippen MR) is 74.1 cm³/mol. The highest BCUT2D eigenvalue weighted by atomic mass is 16.7. The van der Waals surface area contributed by atoms with E-state index in [9.17, 15) is 4.79 Å². The molecule has 2 heterocycles. The van der Waals surface area contributed by atoms with Crippen molar-refractivity contribution in [2.24, 2.45) is 11.8 Å². The molecule has 1 aromatic rings. The molecule has 3 unspecified atom stereocenters. The van der Waals surface area contributed by atoms with Crippen molar-refractivity contribution in [2.75, 3.05) is 13.3 Å². The van der Waals surface area contributed by atoms with Crippen molar-refractivity contribution in [3.8, 4) is 11.5 Å². The highest BCUT2D eigenvalue weighted by Crippen LogP contribution is 2.39. The Morgan fingerprint density at radius 1 is 1.25 bits per heavy atom. The van der Waals surface area contributed by atoms with Gasteiger partial charge in [0.05, 0.1) is 0 Å². The van der Waals surface area contributed by atoms with Gasteiger partial charge in [-0.1, -0.05) is 6.42 Å². The van der Waals surface area contributed by atoms with Gasteiger partial charge in [-0.2, -0.15) is 0 Å². The fourth-order valence-electron chi connectivity index (χ4n) is 3.91. The van der Waals surface area contributed by atoms with Crippen molar-refractivity contribution in [2.45, 2.75) is 31.7 Å². The van der Waals surface area contributed by atoms with Crippen molar-refractivity contribution in [1.82, 2.24) is 5.32 Å². The van der Waals surface area contributed by atoms with E-state index in [1.54, 1.807) is 0 Å². The lowest BCUT2D eigenvalue weighted by molar-refractivity contribution is 0.0963. The van der Waals surface area contributed by atoms with E-state index in [4.69, 9.17) is 9.47 Å². The van der Waals surface area contributed by atoms with Crippen LogP contribution in [-0.4, -0.2) is 25.2 Å². The summed E-state index contributed by atoms with van der Waals surface area (Å²) in [6, 6.07) is 5.85. The summed E-state index contributed by atoms with van der Waals surface area (Å²) in [6.45, 7) is 1.34. The van der Waals surface area contributed by atoms with E-state index in [2.05, 4.69) is 5.32 Å². The van der Waals surface area contributed by atoms with Crippen molar-refractivity contribution < 1.29 is 14.3 Å². The van der Waals surface area contributed by atoms with Crippen LogP contribution in [0.5, 0.6) is 11.5 Å². The normalized spacial score (nSPS) is 30.5. The standard InChI is InChI=1S/C16H19NO3/c18-14(7-13-12-3-1-2-11(12)8-17-13)10-4-5-15-16(6-10)20-9-19-15/h4-6,11-13,17H,1-3,7-9H2. The number of benzene rings is 1. The van der Waals surface area contributed by atoms with Gasteiger partial charge >= 0.3 is 0 Å². The Labute approximate surface area is 118 Å². The van der Waals surface area contributed by atoms with Crippen molar-refractivity contribution in [3.63, 3.8) is 0 Å². The first-order chi connectivity index (χ1) is 9.81. The predicted octanol–water partition coefficient (Wildman–Crippen LogP) is 2.38. The molecule has 1 saturated carbocycles. The van der Waals surface area contributed by atoms with Crippen LogP contribution in [-0.2, 0) is 0 Å². The SMILES string of the molecule is O=C(CC1NCC2CCCC21)c1ccc2c(c1)OCO2. The third-order valence-electron chi connectivity index (χ3n) is 4.98. The van der Waals surface area contributed by atoms with Gasteiger partial charge < -0.3 is 14.8 Å². The minimum absolute atomic E-state index is 0.202. The lowest BCUT2D eigenvalue weighted by Crippen LogP contribution is -2.29. The Balaban J connectivity index is 1.48. The molecule has 1 aliphatic carbocycles. The second-order valence-electron chi connectivity index (χ2n) is 6.06. The molecule has 4 heteroatoms. The molecule has 20 heavy (non-hydrogen) atoms. The largest absolute Gasteiger partial charge is 0.454 e. The summed E-state index contributed by atoms with van der Waals surface area (Å²) in [4.78, 5) is 12.5. The van der Waals surface area contributed by atoms with Gasteiger partial charge in [-0.3, -0.25) is 4.79 Å². The summed E-state index contributed by atoms with van der Waals surface area (Å²) >= 11 is 0. The first-order valence-corrected chi connectivity index (χ1v) is 7.47. The van der Waals surface area contributed by atoms with Crippen LogP contribution in [0.4, 0.5) is 0 Å². The van der Waals surface area contributed by atoms with Crippen LogP contribution in [0.25, 0.3) is 0 Å². The number of hydrogen-bond acceptors (Lipinski definition) is 4. The summed E-state index contributed by atoms with van der Waals surface area (Å²) < 4.78 is 10.6. The zero-order valence-electron chi connectivity index (χ0n) is 11.4. The average Bonchev–Trinajstić information content (AvgIpc) is 3.14. The van der Waals surface area contributed by atoms with E-state index in [-0.39, 0.29) is 12.6 Å². The molecular formula is C16H19NO3. The topological polar surface area (TPSA) is 47.6 Å². The molecule has 3 aliphatic rings. The average molecular weight is 273 g/mol. The van der Waals surface area contributed by atoms with E-state index >= 15 is 0 Å². The highest BCUT2D eigenvalue weighted by Gasteiger charge is 2.39. The molecule has 4 nitrogen and oxygen atoms in total. The van der Waals surface area contributed by atoms with Gasteiger partial charge in [-0.05, 0) is 49.4 Å². The number of rotatable bonds is 3. The van der Waals surface area contributed by atoms with Crippen LogP contribution in [0.15, 0.2) is 18.2 Å². The summed E-state index contributed by atoms with van der Waals surface area (Å²) in [6.07, 6.45) is 4.52. The maximum Gasteiger partial charge on any atom is 0.231 e. The molecule has 106 valence electrons. The third-order valence-corrected chi connectivity index (χ3v) is 4.98. The van der Waals surface area contributed by atoms with Crippen LogP contribution >= 0.6 is 0 Å². The van der Waals surface area contributed by atoms with Gasteiger partial charge in [0.2, 0.25) is 6.79 Å². The highest BCUT2D eigenvalue weighted by molar-refractivity contribution is 5.97. The molecule has 2 fully saturated rings. The van der Waals surface area contributed by atoms with Crippen molar-refractivity contribution in [1.29, 1.82) is 0 Å². The molecule has 0 spiro atoms. The van der Waals surface area contributed by atoms with Crippen LogP contribution in [0.3, 0.4) is 0 Å². The summed E-state index contributed by atoms with van der Waals surface area (Å²) in [7, 11) is 0. The lowest BCUT2D eigenvalue weighted by atomic mass is 9.90. The number of fused-ring (bicyclic) bond motifs is 2. The Bertz CT molecular complexity index is 543. The van der Waals surface area contributed by atoms with E-state index in [0.717, 1.165) is 23.8 Å². The number of ether oxygens (including phenoxy) is 2. The maximum absolute atomic E-state index is 12.5. The second-order valence-corrected chi connectivity index (χ2v) is 6.06. The maximum atomic E-state index is 12.5. The first kappa shape index (κ1) is 12.2. The Kier molecular flexibility index (Phi) is 2.91. The molecule has 2 aliphatic heterocycles. The van der Waals surface area contributed by atoms with Gasteiger partial charge in [-0.15, -0.1) is 0 Å². The lowest BCUT2D eigenvalue weighted by Gasteiger charge is -2.17. The monoisotopic (exact) mass is 273 g/mol.